The van der Waals surface area contributed by atoms with Gasteiger partial charge in [-0.3, -0.25) is 4.90 Å². The van der Waals surface area contributed by atoms with Crippen LogP contribution in [-0.4, -0.2) is 30.1 Å². The van der Waals surface area contributed by atoms with Gasteiger partial charge in [0.15, 0.2) is 0 Å². The van der Waals surface area contributed by atoms with Crippen LogP contribution in [0.2, 0.25) is 5.02 Å². The Labute approximate surface area is 109 Å². The van der Waals surface area contributed by atoms with E-state index in [2.05, 4.69) is 24.0 Å². The van der Waals surface area contributed by atoms with Crippen LogP contribution in [0.4, 0.5) is 0 Å². The van der Waals surface area contributed by atoms with E-state index in [9.17, 15) is 0 Å². The summed E-state index contributed by atoms with van der Waals surface area (Å²) >= 11 is 5.89. The Morgan fingerprint density at radius 1 is 1.41 bits per heavy atom. The zero-order valence-corrected chi connectivity index (χ0v) is 11.2. The third-order valence-corrected chi connectivity index (χ3v) is 3.81. The van der Waals surface area contributed by atoms with Crippen molar-refractivity contribution >= 4 is 11.6 Å². The topological polar surface area (TPSA) is 29.3 Å². The first kappa shape index (κ1) is 12.9. The molecule has 0 spiro atoms. The second-order valence-electron chi connectivity index (χ2n) is 5.08. The lowest BCUT2D eigenvalue weighted by molar-refractivity contribution is 0.158. The lowest BCUT2D eigenvalue weighted by Gasteiger charge is -2.35. The van der Waals surface area contributed by atoms with E-state index in [0.29, 0.717) is 12.1 Å². The molecule has 1 fully saturated rings. The summed E-state index contributed by atoms with van der Waals surface area (Å²) in [6, 6.07) is 9.07. The molecule has 2 rings (SSSR count). The Hall–Kier alpha value is -0.570. The molecule has 1 saturated heterocycles. The van der Waals surface area contributed by atoms with Crippen LogP contribution in [0, 0.1) is 0 Å². The van der Waals surface area contributed by atoms with Gasteiger partial charge in [0.05, 0.1) is 0 Å². The molecule has 1 aromatic carbocycles. The van der Waals surface area contributed by atoms with E-state index < -0.39 is 0 Å². The molecule has 17 heavy (non-hydrogen) atoms. The first-order chi connectivity index (χ1) is 8.15. The molecular weight excluding hydrogens is 232 g/mol. The molecule has 1 heterocycles. The first-order valence-electron chi connectivity index (χ1n) is 6.39. The zero-order chi connectivity index (χ0) is 12.3. The summed E-state index contributed by atoms with van der Waals surface area (Å²) in [7, 11) is 0. The van der Waals surface area contributed by atoms with Crippen molar-refractivity contribution in [2.45, 2.75) is 38.3 Å². The Bertz CT molecular complexity index is 350. The maximum atomic E-state index is 6.02. The van der Waals surface area contributed by atoms with Crippen molar-refractivity contribution in [1.82, 2.24) is 4.90 Å². The molecule has 2 nitrogen and oxygen atoms in total. The Morgan fingerprint density at radius 3 is 2.76 bits per heavy atom. The number of hydrogen-bond donors (Lipinski definition) is 1. The van der Waals surface area contributed by atoms with Gasteiger partial charge in [0.25, 0.3) is 0 Å². The number of likely N-dealkylation sites (tertiary alicyclic amines) is 1. The zero-order valence-electron chi connectivity index (χ0n) is 10.4. The molecule has 94 valence electrons. The summed E-state index contributed by atoms with van der Waals surface area (Å²) in [5.41, 5.74) is 7.37. The summed E-state index contributed by atoms with van der Waals surface area (Å²) in [6.45, 7) is 4.50. The summed E-state index contributed by atoms with van der Waals surface area (Å²) < 4.78 is 0. The predicted octanol–water partition coefficient (Wildman–Crippen LogP) is 2.69. The molecule has 0 amide bonds. The smallest absolute Gasteiger partial charge is 0.0406 e. The van der Waals surface area contributed by atoms with Crippen molar-refractivity contribution in [2.24, 2.45) is 5.73 Å². The highest BCUT2D eigenvalue weighted by Gasteiger charge is 2.21. The first-order valence-corrected chi connectivity index (χ1v) is 6.77. The number of nitrogens with two attached hydrogens (primary N) is 1. The van der Waals surface area contributed by atoms with Crippen LogP contribution < -0.4 is 5.73 Å². The molecule has 2 unspecified atom stereocenters. The van der Waals surface area contributed by atoms with E-state index in [1.54, 1.807) is 0 Å². The highest BCUT2D eigenvalue weighted by molar-refractivity contribution is 6.30. The van der Waals surface area contributed by atoms with Gasteiger partial charge in [-0.1, -0.05) is 23.7 Å². The van der Waals surface area contributed by atoms with Crippen LogP contribution in [0.3, 0.4) is 0 Å². The molecule has 0 aliphatic carbocycles. The van der Waals surface area contributed by atoms with Crippen LogP contribution in [0.25, 0.3) is 0 Å². The highest BCUT2D eigenvalue weighted by Crippen LogP contribution is 2.16. The third kappa shape index (κ3) is 3.70. The average Bonchev–Trinajstić information content (AvgIpc) is 2.32. The molecule has 0 bridgehead atoms. The fraction of sp³-hybridized carbons (Fsp3) is 0.571. The van der Waals surface area contributed by atoms with Gasteiger partial charge in [-0.2, -0.15) is 0 Å². The molecule has 1 aliphatic heterocycles. The van der Waals surface area contributed by atoms with Gasteiger partial charge < -0.3 is 5.73 Å². The average molecular weight is 253 g/mol. The second kappa shape index (κ2) is 5.85. The van der Waals surface area contributed by atoms with Crippen molar-refractivity contribution in [3.63, 3.8) is 0 Å². The monoisotopic (exact) mass is 252 g/mol. The fourth-order valence-corrected chi connectivity index (χ4v) is 2.66. The summed E-state index contributed by atoms with van der Waals surface area (Å²) in [5, 5.41) is 0.807. The van der Waals surface area contributed by atoms with Gasteiger partial charge in [-0.05, 0) is 50.4 Å². The normalized spacial score (nSPS) is 23.6. The van der Waals surface area contributed by atoms with Crippen LogP contribution >= 0.6 is 11.6 Å². The van der Waals surface area contributed by atoms with E-state index >= 15 is 0 Å². The standard InChI is InChI=1S/C14H21ClN2/c1-11(17-8-2-3-14(16)10-17)9-12-4-6-13(15)7-5-12/h4-7,11,14H,2-3,8-10,16H2,1H3. The van der Waals surface area contributed by atoms with Crippen LogP contribution in [0.15, 0.2) is 24.3 Å². The minimum atomic E-state index is 0.358. The summed E-state index contributed by atoms with van der Waals surface area (Å²) in [5.74, 6) is 0. The van der Waals surface area contributed by atoms with Gasteiger partial charge in [-0.25, -0.2) is 0 Å². The molecule has 0 aromatic heterocycles. The fourth-order valence-electron chi connectivity index (χ4n) is 2.53. The van der Waals surface area contributed by atoms with E-state index in [0.717, 1.165) is 18.0 Å². The summed E-state index contributed by atoms with van der Waals surface area (Å²) in [6.07, 6.45) is 3.47. The Balaban J connectivity index is 1.91. The lowest BCUT2D eigenvalue weighted by Crippen LogP contribution is -2.47. The molecule has 2 N–H and O–H groups in total. The number of halogens is 1. The van der Waals surface area contributed by atoms with Gasteiger partial charge in [-0.15, -0.1) is 0 Å². The molecule has 1 aliphatic rings. The van der Waals surface area contributed by atoms with Crippen LogP contribution in [-0.2, 0) is 6.42 Å². The predicted molar refractivity (Wildman–Crippen MR) is 73.4 cm³/mol. The number of rotatable bonds is 3. The van der Waals surface area contributed by atoms with Gasteiger partial charge in [0.1, 0.15) is 0 Å². The Kier molecular flexibility index (Phi) is 4.43. The number of piperidine rings is 1. The van der Waals surface area contributed by atoms with Gasteiger partial charge in [0.2, 0.25) is 0 Å². The van der Waals surface area contributed by atoms with Crippen molar-refractivity contribution in [1.29, 1.82) is 0 Å². The molecule has 1 aromatic rings. The molecular formula is C14H21ClN2. The number of hydrogen-bond acceptors (Lipinski definition) is 2. The molecule has 0 saturated carbocycles. The SMILES string of the molecule is CC(Cc1ccc(Cl)cc1)N1CCCC(N)C1. The van der Waals surface area contributed by atoms with Gasteiger partial charge in [0, 0.05) is 23.7 Å². The summed E-state index contributed by atoms with van der Waals surface area (Å²) in [4.78, 5) is 2.50. The van der Waals surface area contributed by atoms with Crippen molar-refractivity contribution < 1.29 is 0 Å². The molecule has 0 radical (unpaired) electrons. The van der Waals surface area contributed by atoms with E-state index in [4.69, 9.17) is 17.3 Å². The number of benzene rings is 1. The van der Waals surface area contributed by atoms with E-state index in [1.807, 2.05) is 12.1 Å². The quantitative estimate of drug-likeness (QED) is 0.896. The number of nitrogens with zero attached hydrogens (tertiary/aromatic N) is 1. The van der Waals surface area contributed by atoms with Crippen molar-refractivity contribution in [3.8, 4) is 0 Å². The van der Waals surface area contributed by atoms with E-state index in [1.165, 1.54) is 24.9 Å². The van der Waals surface area contributed by atoms with Crippen molar-refractivity contribution in [3.05, 3.63) is 34.9 Å². The largest absolute Gasteiger partial charge is 0.327 e. The molecule has 2 atom stereocenters. The van der Waals surface area contributed by atoms with Crippen molar-refractivity contribution in [2.75, 3.05) is 13.1 Å². The van der Waals surface area contributed by atoms with Crippen LogP contribution in [0.5, 0.6) is 0 Å². The maximum Gasteiger partial charge on any atom is 0.0406 e. The molecule has 3 heteroatoms. The highest BCUT2D eigenvalue weighted by atomic mass is 35.5. The second-order valence-corrected chi connectivity index (χ2v) is 5.51. The minimum Gasteiger partial charge on any atom is -0.327 e. The Morgan fingerprint density at radius 2 is 2.12 bits per heavy atom. The third-order valence-electron chi connectivity index (χ3n) is 3.56. The maximum absolute atomic E-state index is 6.02. The van der Waals surface area contributed by atoms with E-state index in [-0.39, 0.29) is 0 Å². The van der Waals surface area contributed by atoms with Gasteiger partial charge >= 0.3 is 0 Å². The minimum absolute atomic E-state index is 0.358. The lowest BCUT2D eigenvalue weighted by atomic mass is 10.0. The van der Waals surface area contributed by atoms with Crippen LogP contribution in [0.1, 0.15) is 25.3 Å².